The lowest BCUT2D eigenvalue weighted by Gasteiger charge is -2.02. The highest BCUT2D eigenvalue weighted by Gasteiger charge is 1.99. The zero-order chi connectivity index (χ0) is 12.7. The SMILES string of the molecule is CN=CSC(C)=N/C=C(\C)c1ccccc1Cl. The Labute approximate surface area is 112 Å². The molecule has 0 N–H and O–H groups in total. The third-order valence-electron chi connectivity index (χ3n) is 2.07. The summed E-state index contributed by atoms with van der Waals surface area (Å²) in [6, 6.07) is 7.75. The molecule has 0 unspecified atom stereocenters. The molecule has 0 spiro atoms. The number of benzene rings is 1. The van der Waals surface area contributed by atoms with E-state index in [9.17, 15) is 0 Å². The molecular weight excluding hydrogens is 252 g/mol. The molecule has 0 saturated heterocycles. The molecule has 0 radical (unpaired) electrons. The van der Waals surface area contributed by atoms with Gasteiger partial charge in [0.05, 0.1) is 10.6 Å². The van der Waals surface area contributed by atoms with Gasteiger partial charge in [0.2, 0.25) is 0 Å². The normalized spacial score (nSPS) is 13.4. The first kappa shape index (κ1) is 14.0. The summed E-state index contributed by atoms with van der Waals surface area (Å²) in [4.78, 5) is 8.24. The third-order valence-corrected chi connectivity index (χ3v) is 3.16. The zero-order valence-corrected chi connectivity index (χ0v) is 11.7. The second-order valence-electron chi connectivity index (χ2n) is 3.42. The molecule has 1 rings (SSSR count). The van der Waals surface area contributed by atoms with Gasteiger partial charge in [-0.25, -0.2) is 0 Å². The molecule has 90 valence electrons. The van der Waals surface area contributed by atoms with Gasteiger partial charge in [-0.3, -0.25) is 9.98 Å². The van der Waals surface area contributed by atoms with E-state index in [1.165, 1.54) is 11.8 Å². The van der Waals surface area contributed by atoms with Crippen LogP contribution in [0.15, 0.2) is 40.5 Å². The lowest BCUT2D eigenvalue weighted by atomic mass is 10.1. The van der Waals surface area contributed by atoms with E-state index in [2.05, 4.69) is 9.98 Å². The Hall–Kier alpha value is -1.06. The molecule has 0 saturated carbocycles. The van der Waals surface area contributed by atoms with E-state index in [0.29, 0.717) is 0 Å². The van der Waals surface area contributed by atoms with Crippen LogP contribution in [0.2, 0.25) is 5.02 Å². The van der Waals surface area contributed by atoms with Gasteiger partial charge < -0.3 is 0 Å². The average molecular weight is 267 g/mol. The van der Waals surface area contributed by atoms with E-state index < -0.39 is 0 Å². The number of allylic oxidation sites excluding steroid dienone is 1. The van der Waals surface area contributed by atoms with E-state index in [4.69, 9.17) is 11.6 Å². The first-order valence-electron chi connectivity index (χ1n) is 5.18. The molecule has 4 heteroatoms. The largest absolute Gasteiger partial charge is 0.289 e. The monoisotopic (exact) mass is 266 g/mol. The summed E-state index contributed by atoms with van der Waals surface area (Å²) in [6.07, 6.45) is 1.83. The average Bonchev–Trinajstić information content (AvgIpc) is 2.34. The molecule has 0 aliphatic carbocycles. The van der Waals surface area contributed by atoms with E-state index >= 15 is 0 Å². The van der Waals surface area contributed by atoms with Crippen LogP contribution in [0, 0.1) is 0 Å². The molecule has 0 aromatic heterocycles. The molecule has 2 nitrogen and oxygen atoms in total. The Kier molecular flexibility index (Phi) is 6.01. The molecule has 0 aliphatic heterocycles. The van der Waals surface area contributed by atoms with Crippen molar-refractivity contribution in [2.75, 3.05) is 7.05 Å². The number of halogens is 1. The molecular formula is C13H15ClN2S. The fourth-order valence-electron chi connectivity index (χ4n) is 1.20. The smallest absolute Gasteiger partial charge is 0.0756 e. The van der Waals surface area contributed by atoms with Gasteiger partial charge >= 0.3 is 0 Å². The zero-order valence-electron chi connectivity index (χ0n) is 10.1. The second kappa shape index (κ2) is 7.30. The summed E-state index contributed by atoms with van der Waals surface area (Å²) < 4.78 is 0. The lowest BCUT2D eigenvalue weighted by Crippen LogP contribution is -1.84. The Morgan fingerprint density at radius 2 is 2.00 bits per heavy atom. The van der Waals surface area contributed by atoms with E-state index in [1.807, 2.05) is 44.3 Å². The maximum Gasteiger partial charge on any atom is 0.0756 e. The minimum Gasteiger partial charge on any atom is -0.289 e. The van der Waals surface area contributed by atoms with Crippen molar-refractivity contribution in [1.82, 2.24) is 0 Å². The Balaban J connectivity index is 2.83. The third kappa shape index (κ3) is 4.75. The summed E-state index contributed by atoms with van der Waals surface area (Å²) in [6.45, 7) is 3.94. The molecule has 0 fully saturated rings. The number of rotatable bonds is 3. The molecule has 0 atom stereocenters. The second-order valence-corrected chi connectivity index (χ2v) is 4.87. The standard InChI is InChI=1S/C13H15ClN2S/c1-10(8-16-11(2)17-9-15-3)12-6-4-5-7-13(12)14/h4-9H,1-3H3/b10-8+,15-9?,16-11?. The van der Waals surface area contributed by atoms with Crippen molar-refractivity contribution in [2.24, 2.45) is 9.98 Å². The molecule has 1 aromatic rings. The van der Waals surface area contributed by atoms with Gasteiger partial charge in [0.1, 0.15) is 0 Å². The fourth-order valence-corrected chi connectivity index (χ4v) is 1.85. The Bertz CT molecular complexity index is 464. The topological polar surface area (TPSA) is 24.7 Å². The lowest BCUT2D eigenvalue weighted by molar-refractivity contribution is 1.49. The van der Waals surface area contributed by atoms with Gasteiger partial charge in [-0.05, 0) is 31.1 Å². The molecule has 0 heterocycles. The van der Waals surface area contributed by atoms with E-state index in [-0.39, 0.29) is 0 Å². The van der Waals surface area contributed by atoms with Gasteiger partial charge in [0, 0.05) is 18.3 Å². The number of hydrogen-bond acceptors (Lipinski definition) is 3. The number of nitrogens with zero attached hydrogens (tertiary/aromatic N) is 2. The van der Waals surface area contributed by atoms with Crippen LogP contribution in [0.1, 0.15) is 19.4 Å². The Morgan fingerprint density at radius 3 is 2.65 bits per heavy atom. The predicted octanol–water partition coefficient (Wildman–Crippen LogP) is 4.51. The van der Waals surface area contributed by atoms with E-state index in [0.717, 1.165) is 21.2 Å². The van der Waals surface area contributed by atoms with Crippen LogP contribution in [0.25, 0.3) is 5.57 Å². The van der Waals surface area contributed by atoms with Crippen LogP contribution in [0.3, 0.4) is 0 Å². The quantitative estimate of drug-likeness (QED) is 0.584. The molecule has 0 bridgehead atoms. The minimum absolute atomic E-state index is 0.747. The van der Waals surface area contributed by atoms with Crippen molar-refractivity contribution < 1.29 is 0 Å². The van der Waals surface area contributed by atoms with Gasteiger partial charge in [0.25, 0.3) is 0 Å². The van der Waals surface area contributed by atoms with Crippen molar-refractivity contribution in [2.45, 2.75) is 13.8 Å². The van der Waals surface area contributed by atoms with Crippen LogP contribution in [-0.2, 0) is 0 Å². The maximum absolute atomic E-state index is 6.10. The summed E-state index contributed by atoms with van der Waals surface area (Å²) in [5.74, 6) is 0. The van der Waals surface area contributed by atoms with Gasteiger partial charge in [-0.1, -0.05) is 41.6 Å². The van der Waals surface area contributed by atoms with Gasteiger partial charge in [0.15, 0.2) is 0 Å². The summed E-state index contributed by atoms with van der Waals surface area (Å²) in [5.41, 5.74) is 3.82. The molecule has 1 aromatic carbocycles. The molecule has 0 aliphatic rings. The van der Waals surface area contributed by atoms with Crippen molar-refractivity contribution in [3.63, 3.8) is 0 Å². The maximum atomic E-state index is 6.10. The first-order chi connectivity index (χ1) is 8.15. The van der Waals surface area contributed by atoms with Crippen molar-refractivity contribution in [1.29, 1.82) is 0 Å². The number of hydrogen-bond donors (Lipinski definition) is 0. The summed E-state index contributed by atoms with van der Waals surface area (Å²) in [5, 5.41) is 1.69. The number of aliphatic imine (C=N–C) groups is 2. The molecule has 0 amide bonds. The molecule has 17 heavy (non-hydrogen) atoms. The first-order valence-corrected chi connectivity index (χ1v) is 6.44. The minimum atomic E-state index is 0.747. The highest BCUT2D eigenvalue weighted by molar-refractivity contribution is 8.25. The van der Waals surface area contributed by atoms with Crippen LogP contribution in [0.5, 0.6) is 0 Å². The van der Waals surface area contributed by atoms with Crippen molar-refractivity contribution >= 4 is 39.5 Å². The highest BCUT2D eigenvalue weighted by Crippen LogP contribution is 2.23. The summed E-state index contributed by atoms with van der Waals surface area (Å²) in [7, 11) is 1.74. The van der Waals surface area contributed by atoms with Crippen LogP contribution >= 0.6 is 23.4 Å². The fraction of sp³-hybridized carbons (Fsp3) is 0.231. The summed E-state index contributed by atoms with van der Waals surface area (Å²) >= 11 is 7.60. The van der Waals surface area contributed by atoms with Crippen molar-refractivity contribution in [3.8, 4) is 0 Å². The van der Waals surface area contributed by atoms with Gasteiger partial charge in [-0.2, -0.15) is 0 Å². The van der Waals surface area contributed by atoms with Crippen LogP contribution < -0.4 is 0 Å². The van der Waals surface area contributed by atoms with Gasteiger partial charge in [-0.15, -0.1) is 0 Å². The predicted molar refractivity (Wildman–Crippen MR) is 80.2 cm³/mol. The highest BCUT2D eigenvalue weighted by atomic mass is 35.5. The van der Waals surface area contributed by atoms with Crippen LogP contribution in [-0.4, -0.2) is 17.6 Å². The van der Waals surface area contributed by atoms with Crippen molar-refractivity contribution in [3.05, 3.63) is 41.1 Å². The number of thioether (sulfide) groups is 1. The Morgan fingerprint density at radius 1 is 1.29 bits per heavy atom. The van der Waals surface area contributed by atoms with Crippen LogP contribution in [0.4, 0.5) is 0 Å². The van der Waals surface area contributed by atoms with E-state index in [1.54, 1.807) is 12.6 Å².